The first kappa shape index (κ1) is 22.4. The van der Waals surface area contributed by atoms with Gasteiger partial charge in [0, 0.05) is 18.0 Å². The van der Waals surface area contributed by atoms with Crippen LogP contribution in [-0.2, 0) is 26.2 Å². The van der Waals surface area contributed by atoms with Crippen LogP contribution < -0.4 is 10.0 Å². The van der Waals surface area contributed by atoms with Crippen LogP contribution in [0.15, 0.2) is 52.7 Å². The number of nitrogens with one attached hydrogen (secondary N) is 2. The molecule has 1 aromatic heterocycles. The van der Waals surface area contributed by atoms with E-state index in [0.717, 1.165) is 5.56 Å². The number of aryl methyl sites for hydroxylation is 2. The third-order valence-electron chi connectivity index (χ3n) is 4.20. The number of rotatable bonds is 7. The summed E-state index contributed by atoms with van der Waals surface area (Å²) in [4.78, 5) is 27.8. The highest BCUT2D eigenvalue weighted by atomic mass is 32.2. The minimum atomic E-state index is -3.89. The highest BCUT2D eigenvalue weighted by Gasteiger charge is 2.19. The average Bonchev–Trinajstić information content (AvgIpc) is 3.12. The molecule has 8 nitrogen and oxygen atoms in total. The lowest BCUT2D eigenvalue weighted by Gasteiger charge is -2.11. The number of amides is 1. The van der Waals surface area contributed by atoms with Gasteiger partial charge in [0.1, 0.15) is 6.61 Å². The summed E-state index contributed by atoms with van der Waals surface area (Å²) < 4.78 is 33.3. The maximum Gasteiger partial charge on any atom is 0.338 e. The largest absolute Gasteiger partial charge is 0.456 e. The Labute approximate surface area is 184 Å². The van der Waals surface area contributed by atoms with E-state index in [1.54, 1.807) is 36.6 Å². The summed E-state index contributed by atoms with van der Waals surface area (Å²) in [5.41, 5.74) is 2.55. The van der Waals surface area contributed by atoms with E-state index in [4.69, 9.17) is 4.74 Å². The maximum atomic E-state index is 12.8. The van der Waals surface area contributed by atoms with Crippen molar-refractivity contribution in [3.8, 4) is 0 Å². The van der Waals surface area contributed by atoms with Gasteiger partial charge < -0.3 is 10.1 Å². The fourth-order valence-electron chi connectivity index (χ4n) is 2.71. The van der Waals surface area contributed by atoms with Gasteiger partial charge in [-0.1, -0.05) is 18.2 Å². The molecule has 0 fully saturated rings. The van der Waals surface area contributed by atoms with Gasteiger partial charge in [-0.15, -0.1) is 11.3 Å². The van der Waals surface area contributed by atoms with Crippen molar-refractivity contribution >= 4 is 44.1 Å². The van der Waals surface area contributed by atoms with E-state index in [2.05, 4.69) is 15.0 Å². The number of carbonyl (C=O) groups excluding carboxylic acids is 2. The maximum absolute atomic E-state index is 12.8. The van der Waals surface area contributed by atoms with Gasteiger partial charge in [0.25, 0.3) is 10.0 Å². The fourth-order valence-corrected chi connectivity index (χ4v) is 4.53. The molecular formula is C21H21N3O5S2. The van der Waals surface area contributed by atoms with Crippen LogP contribution in [0.1, 0.15) is 34.1 Å². The molecule has 0 saturated heterocycles. The van der Waals surface area contributed by atoms with E-state index in [1.165, 1.54) is 30.4 Å². The van der Waals surface area contributed by atoms with Crippen LogP contribution >= 0.6 is 11.3 Å². The number of ether oxygens (including phenoxy) is 1. The first-order valence-corrected chi connectivity index (χ1v) is 11.6. The highest BCUT2D eigenvalue weighted by Crippen LogP contribution is 2.21. The number of benzene rings is 2. The third kappa shape index (κ3) is 5.89. The zero-order chi connectivity index (χ0) is 22.6. The molecule has 0 saturated carbocycles. The quantitative estimate of drug-likeness (QED) is 0.518. The second kappa shape index (κ2) is 9.27. The van der Waals surface area contributed by atoms with Gasteiger partial charge in [-0.05, 0) is 49.2 Å². The topological polar surface area (TPSA) is 114 Å². The van der Waals surface area contributed by atoms with Crippen LogP contribution in [0.2, 0.25) is 0 Å². The van der Waals surface area contributed by atoms with Crippen molar-refractivity contribution in [3.63, 3.8) is 0 Å². The molecular weight excluding hydrogens is 438 g/mol. The summed E-state index contributed by atoms with van der Waals surface area (Å²) in [6.45, 7) is 4.82. The summed E-state index contributed by atoms with van der Waals surface area (Å²) in [6.07, 6.45) is 0. The van der Waals surface area contributed by atoms with E-state index in [0.29, 0.717) is 22.1 Å². The summed E-state index contributed by atoms with van der Waals surface area (Å²) >= 11 is 1.21. The summed E-state index contributed by atoms with van der Waals surface area (Å²) in [7, 11) is -3.89. The molecule has 162 valence electrons. The molecule has 10 heteroatoms. The molecule has 3 rings (SSSR count). The Morgan fingerprint density at radius 3 is 2.61 bits per heavy atom. The van der Waals surface area contributed by atoms with E-state index in [9.17, 15) is 18.0 Å². The number of aromatic nitrogens is 1. The smallest absolute Gasteiger partial charge is 0.338 e. The Balaban J connectivity index is 1.74. The highest BCUT2D eigenvalue weighted by molar-refractivity contribution is 7.92. The molecule has 2 N–H and O–H groups in total. The van der Waals surface area contributed by atoms with Crippen LogP contribution in [0.3, 0.4) is 0 Å². The molecule has 0 unspecified atom stereocenters. The molecule has 0 atom stereocenters. The molecule has 31 heavy (non-hydrogen) atoms. The molecule has 0 aliphatic rings. The summed E-state index contributed by atoms with van der Waals surface area (Å²) in [6, 6.07) is 11.3. The molecule has 1 heterocycles. The summed E-state index contributed by atoms with van der Waals surface area (Å²) in [5, 5.41) is 4.63. The van der Waals surface area contributed by atoms with Gasteiger partial charge >= 0.3 is 5.97 Å². The lowest BCUT2D eigenvalue weighted by Crippen LogP contribution is -2.15. The third-order valence-corrected chi connectivity index (χ3v) is 6.38. The molecule has 3 aromatic rings. The number of sulfonamides is 1. The van der Waals surface area contributed by atoms with Crippen LogP contribution in [-0.4, -0.2) is 25.3 Å². The van der Waals surface area contributed by atoms with Gasteiger partial charge in [0.05, 0.1) is 16.2 Å². The Hall–Kier alpha value is -3.24. The van der Waals surface area contributed by atoms with Crippen LogP contribution in [0, 0.1) is 13.8 Å². The van der Waals surface area contributed by atoms with Gasteiger partial charge in [-0.3, -0.25) is 9.52 Å². The minimum absolute atomic E-state index is 0.0480. The van der Waals surface area contributed by atoms with Crippen molar-refractivity contribution in [1.82, 2.24) is 4.98 Å². The fraction of sp³-hybridized carbons (Fsp3) is 0.190. The number of carbonyl (C=O) groups is 2. The number of thiazole rings is 1. The Kier molecular flexibility index (Phi) is 6.71. The normalized spacial score (nSPS) is 11.1. The van der Waals surface area contributed by atoms with E-state index >= 15 is 0 Å². The van der Waals surface area contributed by atoms with Crippen molar-refractivity contribution < 1.29 is 22.7 Å². The molecule has 2 aromatic carbocycles. The first-order valence-electron chi connectivity index (χ1n) is 9.23. The number of hydrogen-bond donors (Lipinski definition) is 2. The van der Waals surface area contributed by atoms with Crippen LogP contribution in [0.25, 0.3) is 0 Å². The predicted molar refractivity (Wildman–Crippen MR) is 119 cm³/mol. The van der Waals surface area contributed by atoms with Gasteiger partial charge in [0.2, 0.25) is 5.91 Å². The predicted octanol–water partition coefficient (Wildman–Crippen LogP) is 3.88. The number of esters is 1. The van der Waals surface area contributed by atoms with Crippen LogP contribution in [0.4, 0.5) is 10.8 Å². The SMILES string of the molecule is CC(=O)Nc1nc(COC(=O)c2cc(S(=O)(=O)Nc3cccc(C)c3)ccc2C)cs1. The van der Waals surface area contributed by atoms with Crippen molar-refractivity contribution in [3.05, 3.63) is 70.2 Å². The van der Waals surface area contributed by atoms with Crippen LogP contribution in [0.5, 0.6) is 0 Å². The standard InChI is InChI=1S/C21H21N3O5S2/c1-13-5-4-6-16(9-13)24-31(27,28)18-8-7-14(2)19(10-18)20(26)29-11-17-12-30-21(23-17)22-15(3)25/h4-10,12,24H,11H2,1-3H3,(H,22,23,25). The minimum Gasteiger partial charge on any atom is -0.456 e. The second-order valence-electron chi connectivity index (χ2n) is 6.85. The van der Waals surface area contributed by atoms with Gasteiger partial charge in [-0.2, -0.15) is 0 Å². The zero-order valence-electron chi connectivity index (χ0n) is 17.1. The van der Waals surface area contributed by atoms with Gasteiger partial charge in [-0.25, -0.2) is 18.2 Å². The molecule has 0 aliphatic heterocycles. The lowest BCUT2D eigenvalue weighted by molar-refractivity contribution is -0.114. The zero-order valence-corrected chi connectivity index (χ0v) is 18.8. The number of anilines is 2. The molecule has 0 aliphatic carbocycles. The molecule has 0 bridgehead atoms. The number of hydrogen-bond acceptors (Lipinski definition) is 7. The van der Waals surface area contributed by atoms with E-state index < -0.39 is 16.0 Å². The summed E-state index contributed by atoms with van der Waals surface area (Å²) in [5.74, 6) is -0.912. The van der Waals surface area contributed by atoms with Crippen molar-refractivity contribution in [2.24, 2.45) is 0 Å². The average molecular weight is 460 g/mol. The Morgan fingerprint density at radius 1 is 1.13 bits per heavy atom. The first-order chi connectivity index (χ1) is 14.6. The monoisotopic (exact) mass is 459 g/mol. The van der Waals surface area contributed by atoms with Crippen molar-refractivity contribution in [2.45, 2.75) is 32.3 Å². The van der Waals surface area contributed by atoms with Crippen molar-refractivity contribution in [2.75, 3.05) is 10.0 Å². The van der Waals surface area contributed by atoms with Gasteiger partial charge in [0.15, 0.2) is 5.13 Å². The molecule has 1 amide bonds. The Morgan fingerprint density at radius 2 is 1.90 bits per heavy atom. The van der Waals surface area contributed by atoms with E-state index in [1.807, 2.05) is 13.0 Å². The second-order valence-corrected chi connectivity index (χ2v) is 9.39. The Bertz CT molecular complexity index is 1240. The lowest BCUT2D eigenvalue weighted by atomic mass is 10.1. The number of nitrogens with zero attached hydrogens (tertiary/aromatic N) is 1. The molecule has 0 radical (unpaired) electrons. The van der Waals surface area contributed by atoms with E-state index in [-0.39, 0.29) is 23.0 Å². The van der Waals surface area contributed by atoms with Crippen molar-refractivity contribution in [1.29, 1.82) is 0 Å². The molecule has 0 spiro atoms.